The Bertz CT molecular complexity index is 486. The lowest BCUT2D eigenvalue weighted by molar-refractivity contribution is -0.145. The third-order valence-corrected chi connectivity index (χ3v) is 6.96. The minimum absolute atomic E-state index is 0.0167. The molecule has 0 saturated heterocycles. The van der Waals surface area contributed by atoms with Gasteiger partial charge in [-0.1, -0.05) is 118 Å². The molecule has 0 N–H and O–H groups in total. The van der Waals surface area contributed by atoms with Crippen LogP contribution in [-0.2, 0) is 19.1 Å². The topological polar surface area (TPSA) is 52.6 Å². The molecule has 0 amide bonds. The zero-order chi connectivity index (χ0) is 26.2. The maximum absolute atomic E-state index is 12.0. The summed E-state index contributed by atoms with van der Waals surface area (Å²) in [6, 6.07) is 0. The number of hydrogen-bond acceptors (Lipinski definition) is 4. The molecule has 35 heavy (non-hydrogen) atoms. The minimum atomic E-state index is -0.0238. The Labute approximate surface area is 218 Å². The largest absolute Gasteiger partial charge is 0.466 e. The lowest BCUT2D eigenvalue weighted by Gasteiger charge is -2.14. The fourth-order valence-corrected chi connectivity index (χ4v) is 4.46. The van der Waals surface area contributed by atoms with Crippen LogP contribution in [0.15, 0.2) is 0 Å². The summed E-state index contributed by atoms with van der Waals surface area (Å²) in [4.78, 5) is 23.8. The van der Waals surface area contributed by atoms with Crippen molar-refractivity contribution in [1.82, 2.24) is 0 Å². The fourth-order valence-electron chi connectivity index (χ4n) is 4.46. The monoisotopic (exact) mass is 496 g/mol. The highest BCUT2D eigenvalue weighted by atomic mass is 16.5. The van der Waals surface area contributed by atoms with Crippen LogP contribution in [-0.4, -0.2) is 25.2 Å². The Morgan fingerprint density at radius 3 is 1.46 bits per heavy atom. The molecule has 1 unspecified atom stereocenters. The maximum atomic E-state index is 12.0. The van der Waals surface area contributed by atoms with E-state index in [1.165, 1.54) is 57.8 Å². The number of carbonyl (C=O) groups excluding carboxylic acids is 2. The SMILES string of the molecule is CCC(CCCCCCCCC(=O)OCCCCCC(C)C)CCC(=O)OCCCCCC(C)C. The number of hydrogen-bond donors (Lipinski definition) is 0. The number of rotatable bonds is 25. The van der Waals surface area contributed by atoms with Crippen LogP contribution < -0.4 is 0 Å². The Hall–Kier alpha value is -1.06. The van der Waals surface area contributed by atoms with Gasteiger partial charge in [-0.3, -0.25) is 9.59 Å². The van der Waals surface area contributed by atoms with E-state index in [1.54, 1.807) is 0 Å². The first-order valence-corrected chi connectivity index (χ1v) is 15.2. The maximum Gasteiger partial charge on any atom is 0.305 e. The molecule has 0 saturated carbocycles. The quantitative estimate of drug-likeness (QED) is 0.0932. The summed E-state index contributed by atoms with van der Waals surface area (Å²) in [5.41, 5.74) is 0. The molecule has 0 aromatic heterocycles. The standard InChI is InChI=1S/C31H60O4/c1-6-29(23-24-31(33)35-26-18-12-14-20-28(4)5)21-15-9-7-8-10-16-22-30(32)34-25-17-11-13-19-27(2)3/h27-29H,6-26H2,1-5H3. The fraction of sp³-hybridized carbons (Fsp3) is 0.935. The van der Waals surface area contributed by atoms with Gasteiger partial charge >= 0.3 is 11.9 Å². The zero-order valence-corrected chi connectivity index (χ0v) is 24.2. The van der Waals surface area contributed by atoms with Crippen molar-refractivity contribution < 1.29 is 19.1 Å². The van der Waals surface area contributed by atoms with Gasteiger partial charge in [0.2, 0.25) is 0 Å². The first-order chi connectivity index (χ1) is 16.8. The third-order valence-electron chi connectivity index (χ3n) is 6.96. The van der Waals surface area contributed by atoms with Crippen LogP contribution in [0.1, 0.15) is 157 Å². The minimum Gasteiger partial charge on any atom is -0.466 e. The van der Waals surface area contributed by atoms with E-state index in [4.69, 9.17) is 9.47 Å². The van der Waals surface area contributed by atoms with Crippen LogP contribution in [0.5, 0.6) is 0 Å². The van der Waals surface area contributed by atoms with Gasteiger partial charge in [0.25, 0.3) is 0 Å². The number of carbonyl (C=O) groups is 2. The number of unbranched alkanes of at least 4 members (excludes halogenated alkanes) is 9. The molecule has 4 nitrogen and oxygen atoms in total. The van der Waals surface area contributed by atoms with Crippen LogP contribution in [0.2, 0.25) is 0 Å². The van der Waals surface area contributed by atoms with E-state index < -0.39 is 0 Å². The smallest absolute Gasteiger partial charge is 0.305 e. The van der Waals surface area contributed by atoms with E-state index in [-0.39, 0.29) is 11.9 Å². The zero-order valence-electron chi connectivity index (χ0n) is 24.2. The molecular formula is C31H60O4. The summed E-state index contributed by atoms with van der Waals surface area (Å²) in [6.45, 7) is 12.4. The molecule has 0 aromatic carbocycles. The predicted octanol–water partition coefficient (Wildman–Crippen LogP) is 9.43. The molecule has 4 heteroatoms. The predicted molar refractivity (Wildman–Crippen MR) is 148 cm³/mol. The summed E-state index contributed by atoms with van der Waals surface area (Å²) < 4.78 is 10.8. The Kier molecular flexibility index (Phi) is 23.9. The normalized spacial score (nSPS) is 12.3. The second-order valence-electron chi connectivity index (χ2n) is 11.4. The number of ether oxygens (including phenoxy) is 2. The van der Waals surface area contributed by atoms with Gasteiger partial charge in [-0.2, -0.15) is 0 Å². The molecular weight excluding hydrogens is 436 g/mol. The van der Waals surface area contributed by atoms with Gasteiger partial charge < -0.3 is 9.47 Å². The molecule has 0 bridgehead atoms. The van der Waals surface area contributed by atoms with Gasteiger partial charge in [0.15, 0.2) is 0 Å². The average Bonchev–Trinajstić information content (AvgIpc) is 2.81. The Balaban J connectivity index is 3.52. The van der Waals surface area contributed by atoms with Gasteiger partial charge in [0.1, 0.15) is 0 Å². The van der Waals surface area contributed by atoms with Gasteiger partial charge in [-0.25, -0.2) is 0 Å². The van der Waals surface area contributed by atoms with Gasteiger partial charge in [0, 0.05) is 12.8 Å². The van der Waals surface area contributed by atoms with Crippen molar-refractivity contribution in [2.24, 2.45) is 17.8 Å². The van der Waals surface area contributed by atoms with Crippen LogP contribution in [0.25, 0.3) is 0 Å². The number of esters is 2. The first kappa shape index (κ1) is 33.9. The summed E-state index contributed by atoms with van der Waals surface area (Å²) >= 11 is 0. The van der Waals surface area contributed by atoms with Gasteiger partial charge in [-0.15, -0.1) is 0 Å². The van der Waals surface area contributed by atoms with Gasteiger partial charge in [-0.05, 0) is 43.4 Å². The van der Waals surface area contributed by atoms with E-state index in [2.05, 4.69) is 34.6 Å². The van der Waals surface area contributed by atoms with Crippen molar-refractivity contribution >= 4 is 11.9 Å². The summed E-state index contributed by atoms with van der Waals surface area (Å²) in [7, 11) is 0. The highest BCUT2D eigenvalue weighted by Gasteiger charge is 2.11. The highest BCUT2D eigenvalue weighted by Crippen LogP contribution is 2.20. The van der Waals surface area contributed by atoms with Crippen molar-refractivity contribution in [3.63, 3.8) is 0 Å². The lowest BCUT2D eigenvalue weighted by Crippen LogP contribution is -2.09. The van der Waals surface area contributed by atoms with Crippen LogP contribution in [0.3, 0.4) is 0 Å². The molecule has 0 aliphatic heterocycles. The molecule has 208 valence electrons. The lowest BCUT2D eigenvalue weighted by atomic mass is 9.93. The molecule has 0 aliphatic carbocycles. The molecule has 0 rings (SSSR count). The van der Waals surface area contributed by atoms with Crippen LogP contribution in [0, 0.1) is 17.8 Å². The third kappa shape index (κ3) is 25.8. The van der Waals surface area contributed by atoms with Crippen molar-refractivity contribution in [2.45, 2.75) is 157 Å². The van der Waals surface area contributed by atoms with Crippen LogP contribution >= 0.6 is 0 Å². The van der Waals surface area contributed by atoms with Crippen molar-refractivity contribution in [3.05, 3.63) is 0 Å². The molecule has 0 heterocycles. The molecule has 1 atom stereocenters. The molecule has 0 radical (unpaired) electrons. The van der Waals surface area contributed by atoms with E-state index in [9.17, 15) is 9.59 Å². The van der Waals surface area contributed by atoms with Crippen molar-refractivity contribution in [1.29, 1.82) is 0 Å². The Morgan fingerprint density at radius 2 is 0.943 bits per heavy atom. The molecule has 0 spiro atoms. The van der Waals surface area contributed by atoms with E-state index in [1.807, 2.05) is 0 Å². The first-order valence-electron chi connectivity index (χ1n) is 15.2. The highest BCUT2D eigenvalue weighted by molar-refractivity contribution is 5.69. The second kappa shape index (κ2) is 24.6. The van der Waals surface area contributed by atoms with Crippen molar-refractivity contribution in [2.75, 3.05) is 13.2 Å². The molecule has 0 aromatic rings. The molecule has 0 fully saturated rings. The van der Waals surface area contributed by atoms with E-state index in [0.717, 1.165) is 63.2 Å². The average molecular weight is 497 g/mol. The summed E-state index contributed by atoms with van der Waals surface area (Å²) in [6.07, 6.45) is 20.7. The van der Waals surface area contributed by atoms with E-state index in [0.29, 0.717) is 32.0 Å². The Morgan fingerprint density at radius 1 is 0.514 bits per heavy atom. The summed E-state index contributed by atoms with van der Waals surface area (Å²) in [5, 5.41) is 0. The van der Waals surface area contributed by atoms with Crippen LogP contribution in [0.4, 0.5) is 0 Å². The molecule has 0 aliphatic rings. The summed E-state index contributed by atoms with van der Waals surface area (Å²) in [5.74, 6) is 2.12. The van der Waals surface area contributed by atoms with Crippen molar-refractivity contribution in [3.8, 4) is 0 Å². The van der Waals surface area contributed by atoms with Gasteiger partial charge in [0.05, 0.1) is 13.2 Å². The second-order valence-corrected chi connectivity index (χ2v) is 11.4. The van der Waals surface area contributed by atoms with E-state index >= 15 is 0 Å².